The molecule has 102 valence electrons. The highest BCUT2D eigenvalue weighted by molar-refractivity contribution is 7.89. The second kappa shape index (κ2) is 5.37. The number of ether oxygens (including phenoxy) is 1. The van der Waals surface area contributed by atoms with Crippen molar-refractivity contribution in [1.82, 2.24) is 15.2 Å². The van der Waals surface area contributed by atoms with Gasteiger partial charge < -0.3 is 4.74 Å². The van der Waals surface area contributed by atoms with Crippen molar-refractivity contribution in [2.24, 2.45) is 5.14 Å². The van der Waals surface area contributed by atoms with E-state index in [-0.39, 0.29) is 11.0 Å². The van der Waals surface area contributed by atoms with Gasteiger partial charge in [0, 0.05) is 5.56 Å². The van der Waals surface area contributed by atoms with Crippen molar-refractivity contribution >= 4 is 10.0 Å². The van der Waals surface area contributed by atoms with E-state index in [0.29, 0.717) is 17.9 Å². The summed E-state index contributed by atoms with van der Waals surface area (Å²) in [5.41, 5.74) is 0.653. The average molecular weight is 282 g/mol. The quantitative estimate of drug-likeness (QED) is 0.846. The fraction of sp³-hybridized carbons (Fsp3) is 0.273. The molecule has 0 spiro atoms. The lowest BCUT2D eigenvalue weighted by Gasteiger charge is -2.04. The normalized spacial score (nSPS) is 11.5. The molecule has 0 aliphatic heterocycles. The Morgan fingerprint density at radius 3 is 2.84 bits per heavy atom. The van der Waals surface area contributed by atoms with E-state index in [0.717, 1.165) is 6.42 Å². The molecule has 0 atom stereocenters. The summed E-state index contributed by atoms with van der Waals surface area (Å²) in [4.78, 5) is 3.84. The maximum absolute atomic E-state index is 11.1. The number of hydrogen-bond donors (Lipinski definition) is 2. The molecule has 19 heavy (non-hydrogen) atoms. The van der Waals surface area contributed by atoms with Crippen LogP contribution in [0.4, 0.5) is 0 Å². The number of rotatable bonds is 5. The number of nitrogens with zero attached hydrogens (tertiary/aromatic N) is 2. The van der Waals surface area contributed by atoms with Gasteiger partial charge in [-0.15, -0.1) is 0 Å². The van der Waals surface area contributed by atoms with E-state index in [1.165, 1.54) is 0 Å². The van der Waals surface area contributed by atoms with E-state index >= 15 is 0 Å². The monoisotopic (exact) mass is 282 g/mol. The SMILES string of the molecule is CCCOc1cccc(-c2n[nH]c(S(N)(=O)=O)n2)c1. The number of benzene rings is 1. The summed E-state index contributed by atoms with van der Waals surface area (Å²) in [5.74, 6) is 0.937. The summed E-state index contributed by atoms with van der Waals surface area (Å²) in [6.07, 6.45) is 0.903. The van der Waals surface area contributed by atoms with Crippen molar-refractivity contribution in [2.75, 3.05) is 6.61 Å². The standard InChI is InChI=1S/C11H14N4O3S/c1-2-6-18-9-5-3-4-8(7-9)10-13-11(15-14-10)19(12,16)17/h3-5,7H,2,6H2,1H3,(H2,12,16,17)(H,13,14,15). The Kier molecular flexibility index (Phi) is 3.82. The topological polar surface area (TPSA) is 111 Å². The second-order valence-electron chi connectivity index (χ2n) is 3.89. The number of H-pyrrole nitrogens is 1. The zero-order valence-electron chi connectivity index (χ0n) is 10.3. The molecule has 0 aliphatic carbocycles. The summed E-state index contributed by atoms with van der Waals surface area (Å²) >= 11 is 0. The van der Waals surface area contributed by atoms with E-state index < -0.39 is 10.0 Å². The van der Waals surface area contributed by atoms with Gasteiger partial charge in [0.15, 0.2) is 5.82 Å². The van der Waals surface area contributed by atoms with Gasteiger partial charge in [-0.3, -0.25) is 0 Å². The van der Waals surface area contributed by atoms with Gasteiger partial charge in [0.05, 0.1) is 6.61 Å². The van der Waals surface area contributed by atoms with Gasteiger partial charge in [0.25, 0.3) is 15.2 Å². The Balaban J connectivity index is 2.29. The number of aromatic amines is 1. The number of hydrogen-bond acceptors (Lipinski definition) is 5. The highest BCUT2D eigenvalue weighted by atomic mass is 32.2. The highest BCUT2D eigenvalue weighted by Crippen LogP contribution is 2.21. The van der Waals surface area contributed by atoms with E-state index in [1.54, 1.807) is 18.2 Å². The highest BCUT2D eigenvalue weighted by Gasteiger charge is 2.15. The van der Waals surface area contributed by atoms with Crippen LogP contribution < -0.4 is 9.88 Å². The van der Waals surface area contributed by atoms with Crippen molar-refractivity contribution in [3.05, 3.63) is 24.3 Å². The summed E-state index contributed by atoms with van der Waals surface area (Å²) < 4.78 is 27.7. The van der Waals surface area contributed by atoms with Crippen LogP contribution in [0.2, 0.25) is 0 Å². The molecule has 0 unspecified atom stereocenters. The first kappa shape index (κ1) is 13.5. The molecule has 0 saturated heterocycles. The van der Waals surface area contributed by atoms with Gasteiger partial charge in [0.1, 0.15) is 5.75 Å². The Labute approximate surface area is 110 Å². The molecule has 0 fully saturated rings. The molecule has 0 aliphatic rings. The molecule has 0 radical (unpaired) electrons. The summed E-state index contributed by atoms with van der Waals surface area (Å²) in [5, 5.41) is 10.7. The van der Waals surface area contributed by atoms with Crippen LogP contribution in [0.15, 0.2) is 29.4 Å². The molecular weight excluding hydrogens is 268 g/mol. The van der Waals surface area contributed by atoms with E-state index in [1.807, 2.05) is 13.0 Å². The minimum atomic E-state index is -3.87. The third-order valence-electron chi connectivity index (χ3n) is 2.30. The third kappa shape index (κ3) is 3.30. The average Bonchev–Trinajstić information content (AvgIpc) is 2.86. The molecule has 1 aromatic heterocycles. The first-order chi connectivity index (χ1) is 9.00. The molecule has 7 nitrogen and oxygen atoms in total. The van der Waals surface area contributed by atoms with Crippen LogP contribution in [0.25, 0.3) is 11.4 Å². The van der Waals surface area contributed by atoms with Crippen molar-refractivity contribution in [1.29, 1.82) is 0 Å². The maximum Gasteiger partial charge on any atom is 0.273 e. The van der Waals surface area contributed by atoms with Crippen molar-refractivity contribution < 1.29 is 13.2 Å². The van der Waals surface area contributed by atoms with Crippen molar-refractivity contribution in [3.8, 4) is 17.1 Å². The Morgan fingerprint density at radius 2 is 2.21 bits per heavy atom. The number of aromatic nitrogens is 3. The van der Waals surface area contributed by atoms with Gasteiger partial charge >= 0.3 is 0 Å². The first-order valence-corrected chi connectivity index (χ1v) is 7.24. The lowest BCUT2D eigenvalue weighted by Crippen LogP contribution is -2.13. The van der Waals surface area contributed by atoms with Crippen LogP contribution in [0.1, 0.15) is 13.3 Å². The van der Waals surface area contributed by atoms with E-state index in [2.05, 4.69) is 15.2 Å². The molecule has 1 heterocycles. The lowest BCUT2D eigenvalue weighted by atomic mass is 10.2. The zero-order chi connectivity index (χ0) is 13.9. The molecule has 0 saturated carbocycles. The molecule has 2 rings (SSSR count). The van der Waals surface area contributed by atoms with Crippen LogP contribution in [0, 0.1) is 0 Å². The van der Waals surface area contributed by atoms with E-state index in [9.17, 15) is 8.42 Å². The van der Waals surface area contributed by atoms with Gasteiger partial charge in [0.2, 0.25) is 0 Å². The molecule has 2 aromatic rings. The smallest absolute Gasteiger partial charge is 0.273 e. The Bertz CT molecular complexity index is 666. The fourth-order valence-corrected chi connectivity index (χ4v) is 1.83. The number of sulfonamides is 1. The summed E-state index contributed by atoms with van der Waals surface area (Å²) in [6, 6.07) is 7.10. The number of nitrogens with two attached hydrogens (primary N) is 1. The number of primary sulfonamides is 1. The minimum absolute atomic E-state index is 0.256. The first-order valence-electron chi connectivity index (χ1n) is 5.69. The van der Waals surface area contributed by atoms with Gasteiger partial charge in [-0.25, -0.2) is 18.7 Å². The largest absolute Gasteiger partial charge is 0.494 e. The van der Waals surface area contributed by atoms with Gasteiger partial charge in [-0.1, -0.05) is 19.1 Å². The van der Waals surface area contributed by atoms with Crippen LogP contribution in [0.5, 0.6) is 5.75 Å². The molecule has 0 amide bonds. The Hall–Kier alpha value is -1.93. The maximum atomic E-state index is 11.1. The van der Waals surface area contributed by atoms with Crippen molar-refractivity contribution in [2.45, 2.75) is 18.5 Å². The summed E-state index contributed by atoms with van der Waals surface area (Å²) in [6.45, 7) is 2.62. The zero-order valence-corrected chi connectivity index (χ0v) is 11.1. The molecule has 3 N–H and O–H groups in total. The van der Waals surface area contributed by atoms with Gasteiger partial charge in [-0.05, 0) is 18.6 Å². The fourth-order valence-electron chi connectivity index (χ4n) is 1.45. The molecule has 1 aromatic carbocycles. The third-order valence-corrected chi connectivity index (χ3v) is 3.02. The van der Waals surface area contributed by atoms with Crippen LogP contribution in [-0.4, -0.2) is 30.2 Å². The predicted octanol–water partition coefficient (Wildman–Crippen LogP) is 0.908. The molecule has 8 heteroatoms. The summed E-state index contributed by atoms with van der Waals surface area (Å²) in [7, 11) is -3.87. The molecule has 0 bridgehead atoms. The number of nitrogens with one attached hydrogen (secondary N) is 1. The minimum Gasteiger partial charge on any atom is -0.494 e. The van der Waals surface area contributed by atoms with E-state index in [4.69, 9.17) is 9.88 Å². The van der Waals surface area contributed by atoms with Crippen LogP contribution in [0.3, 0.4) is 0 Å². The lowest BCUT2D eigenvalue weighted by molar-refractivity contribution is 0.317. The van der Waals surface area contributed by atoms with Crippen molar-refractivity contribution in [3.63, 3.8) is 0 Å². The van der Waals surface area contributed by atoms with Crippen LogP contribution >= 0.6 is 0 Å². The Morgan fingerprint density at radius 1 is 1.42 bits per heavy atom. The van der Waals surface area contributed by atoms with Crippen LogP contribution in [-0.2, 0) is 10.0 Å². The molecular formula is C11H14N4O3S. The second-order valence-corrected chi connectivity index (χ2v) is 5.36. The predicted molar refractivity (Wildman–Crippen MR) is 69.0 cm³/mol. The van der Waals surface area contributed by atoms with Gasteiger partial charge in [-0.2, -0.15) is 10.1 Å².